The second-order valence-corrected chi connectivity index (χ2v) is 8.38. The summed E-state index contributed by atoms with van der Waals surface area (Å²) in [7, 11) is 0. The Balaban J connectivity index is 1.33. The van der Waals surface area contributed by atoms with Gasteiger partial charge in [0, 0.05) is 25.2 Å². The molecule has 7 heteroatoms. The largest absolute Gasteiger partial charge is 0.337 e. The number of carbonyl (C=O) groups is 1. The Labute approximate surface area is 151 Å². The Morgan fingerprint density at radius 1 is 1.20 bits per heavy atom. The van der Waals surface area contributed by atoms with E-state index in [0.29, 0.717) is 12.0 Å². The molecule has 0 aromatic carbocycles. The summed E-state index contributed by atoms with van der Waals surface area (Å²) in [6, 6.07) is 3.49. The molecule has 3 aliphatic rings. The lowest BCUT2D eigenvalue weighted by molar-refractivity contribution is 0.0176. The molecule has 2 unspecified atom stereocenters. The summed E-state index contributed by atoms with van der Waals surface area (Å²) in [6.07, 6.45) is 9.86. The van der Waals surface area contributed by atoms with E-state index < -0.39 is 0 Å². The van der Waals surface area contributed by atoms with E-state index in [0.717, 1.165) is 36.1 Å². The summed E-state index contributed by atoms with van der Waals surface area (Å²) in [4.78, 5) is 18.7. The van der Waals surface area contributed by atoms with Crippen LogP contribution in [0.1, 0.15) is 41.8 Å². The number of nitrogens with zero attached hydrogens (tertiary/aromatic N) is 5. The monoisotopic (exact) mass is 357 g/mol. The van der Waals surface area contributed by atoms with Gasteiger partial charge in [0.2, 0.25) is 0 Å². The summed E-state index contributed by atoms with van der Waals surface area (Å²) in [5, 5.41) is 9.87. The van der Waals surface area contributed by atoms with E-state index in [1.807, 2.05) is 11.4 Å². The van der Waals surface area contributed by atoms with Gasteiger partial charge in [-0.3, -0.25) is 9.69 Å². The predicted molar refractivity (Wildman–Crippen MR) is 96.0 cm³/mol. The lowest BCUT2D eigenvalue weighted by atomic mass is 9.83. The number of amides is 1. The molecule has 25 heavy (non-hydrogen) atoms. The Morgan fingerprint density at radius 2 is 2.12 bits per heavy atom. The van der Waals surface area contributed by atoms with Crippen molar-refractivity contribution in [1.82, 2.24) is 24.8 Å². The normalized spacial score (nSPS) is 27.3. The Kier molecular flexibility index (Phi) is 3.86. The van der Waals surface area contributed by atoms with Gasteiger partial charge in [0.15, 0.2) is 0 Å². The maximum atomic E-state index is 13.1. The maximum absolute atomic E-state index is 13.1. The van der Waals surface area contributed by atoms with Gasteiger partial charge in [0.1, 0.15) is 4.88 Å². The standard InChI is InChI=1S/C18H23N5OS/c24-18(17-16(6-11-25-17)23-10-7-19-20-23)21-9-5-15-13(12-21)2-1-8-22(15)14-3-4-14/h6-7,10-11,13-15H,1-5,8-9,12H2. The number of likely N-dealkylation sites (tertiary alicyclic amines) is 2. The molecule has 6 nitrogen and oxygen atoms in total. The van der Waals surface area contributed by atoms with Crippen molar-refractivity contribution in [2.45, 2.75) is 44.2 Å². The molecular formula is C18H23N5OS. The lowest BCUT2D eigenvalue weighted by Gasteiger charge is -2.47. The molecule has 3 fully saturated rings. The van der Waals surface area contributed by atoms with Crippen molar-refractivity contribution in [2.24, 2.45) is 5.92 Å². The van der Waals surface area contributed by atoms with Gasteiger partial charge < -0.3 is 4.90 Å². The fourth-order valence-electron chi connectivity index (χ4n) is 4.61. The van der Waals surface area contributed by atoms with Crippen molar-refractivity contribution in [3.8, 4) is 5.69 Å². The minimum absolute atomic E-state index is 0.155. The van der Waals surface area contributed by atoms with Gasteiger partial charge >= 0.3 is 0 Å². The average Bonchev–Trinajstić information content (AvgIpc) is 3.14. The van der Waals surface area contributed by atoms with Crippen LogP contribution in [0.4, 0.5) is 0 Å². The van der Waals surface area contributed by atoms with E-state index in [2.05, 4.69) is 20.1 Å². The van der Waals surface area contributed by atoms with Gasteiger partial charge in [-0.2, -0.15) is 0 Å². The first-order valence-corrected chi connectivity index (χ1v) is 10.2. The van der Waals surface area contributed by atoms with Crippen molar-refractivity contribution in [3.05, 3.63) is 28.7 Å². The van der Waals surface area contributed by atoms with Crippen LogP contribution >= 0.6 is 11.3 Å². The third-order valence-corrected chi connectivity index (χ3v) is 6.81. The van der Waals surface area contributed by atoms with Crippen LogP contribution in [0.25, 0.3) is 5.69 Å². The number of piperidine rings is 2. The average molecular weight is 357 g/mol. The number of aromatic nitrogens is 3. The van der Waals surface area contributed by atoms with Crippen LogP contribution in [0.3, 0.4) is 0 Å². The van der Waals surface area contributed by atoms with Crippen molar-refractivity contribution in [2.75, 3.05) is 19.6 Å². The lowest BCUT2D eigenvalue weighted by Crippen LogP contribution is -2.55. The van der Waals surface area contributed by atoms with Gasteiger partial charge in [0.05, 0.1) is 18.1 Å². The molecule has 1 saturated carbocycles. The summed E-state index contributed by atoms with van der Waals surface area (Å²) < 4.78 is 1.69. The molecule has 2 atom stereocenters. The van der Waals surface area contributed by atoms with Gasteiger partial charge in [0.25, 0.3) is 5.91 Å². The van der Waals surface area contributed by atoms with Gasteiger partial charge in [-0.25, -0.2) is 4.68 Å². The maximum Gasteiger partial charge on any atom is 0.266 e. The zero-order chi connectivity index (χ0) is 16.8. The van der Waals surface area contributed by atoms with Crippen molar-refractivity contribution in [1.29, 1.82) is 0 Å². The number of rotatable bonds is 3. The van der Waals surface area contributed by atoms with E-state index >= 15 is 0 Å². The fourth-order valence-corrected chi connectivity index (χ4v) is 5.45. The zero-order valence-corrected chi connectivity index (χ0v) is 15.1. The molecule has 0 bridgehead atoms. The molecule has 132 valence electrons. The van der Waals surface area contributed by atoms with E-state index in [9.17, 15) is 4.79 Å². The zero-order valence-electron chi connectivity index (χ0n) is 14.3. The van der Waals surface area contributed by atoms with Crippen LogP contribution in [0.2, 0.25) is 0 Å². The quantitative estimate of drug-likeness (QED) is 0.847. The smallest absolute Gasteiger partial charge is 0.266 e. The molecule has 0 spiro atoms. The molecular weight excluding hydrogens is 334 g/mol. The highest BCUT2D eigenvalue weighted by atomic mass is 32.1. The molecule has 2 aromatic rings. The number of hydrogen-bond donors (Lipinski definition) is 0. The minimum Gasteiger partial charge on any atom is -0.337 e. The van der Waals surface area contributed by atoms with Crippen LogP contribution in [0.15, 0.2) is 23.8 Å². The highest BCUT2D eigenvalue weighted by Crippen LogP contribution is 2.38. The molecule has 2 aliphatic heterocycles. The van der Waals surface area contributed by atoms with Crippen molar-refractivity contribution in [3.63, 3.8) is 0 Å². The summed E-state index contributed by atoms with van der Waals surface area (Å²) >= 11 is 1.50. The first kappa shape index (κ1) is 15.5. The molecule has 2 aromatic heterocycles. The molecule has 4 heterocycles. The second-order valence-electron chi connectivity index (χ2n) is 7.46. The summed E-state index contributed by atoms with van der Waals surface area (Å²) in [5.41, 5.74) is 0.845. The molecule has 5 rings (SSSR count). The van der Waals surface area contributed by atoms with E-state index in [1.54, 1.807) is 17.1 Å². The number of thiophene rings is 1. The first-order chi connectivity index (χ1) is 12.3. The van der Waals surface area contributed by atoms with Crippen molar-refractivity contribution < 1.29 is 4.79 Å². The van der Waals surface area contributed by atoms with Crippen LogP contribution in [0, 0.1) is 5.92 Å². The number of fused-ring (bicyclic) bond motifs is 1. The van der Waals surface area contributed by atoms with Crippen molar-refractivity contribution >= 4 is 17.2 Å². The third-order valence-electron chi connectivity index (χ3n) is 5.92. The molecule has 1 aliphatic carbocycles. The van der Waals surface area contributed by atoms with Gasteiger partial charge in [-0.1, -0.05) is 5.21 Å². The van der Waals surface area contributed by atoms with Crippen LogP contribution < -0.4 is 0 Å². The number of carbonyl (C=O) groups excluding carboxylic acids is 1. The minimum atomic E-state index is 0.155. The van der Waals surface area contributed by atoms with E-state index in [1.165, 1.54) is 43.6 Å². The van der Waals surface area contributed by atoms with E-state index in [-0.39, 0.29) is 5.91 Å². The van der Waals surface area contributed by atoms with Gasteiger partial charge in [-0.15, -0.1) is 16.4 Å². The highest BCUT2D eigenvalue weighted by molar-refractivity contribution is 7.12. The first-order valence-electron chi connectivity index (χ1n) is 9.30. The molecule has 2 saturated heterocycles. The molecule has 0 N–H and O–H groups in total. The highest BCUT2D eigenvalue weighted by Gasteiger charge is 2.43. The van der Waals surface area contributed by atoms with Crippen LogP contribution in [0.5, 0.6) is 0 Å². The molecule has 1 amide bonds. The number of hydrogen-bond acceptors (Lipinski definition) is 5. The van der Waals surface area contributed by atoms with Gasteiger partial charge in [-0.05, 0) is 56.0 Å². The summed E-state index contributed by atoms with van der Waals surface area (Å²) in [6.45, 7) is 3.04. The van der Waals surface area contributed by atoms with Crippen LogP contribution in [-0.2, 0) is 0 Å². The summed E-state index contributed by atoms with van der Waals surface area (Å²) in [5.74, 6) is 0.796. The topological polar surface area (TPSA) is 54.3 Å². The van der Waals surface area contributed by atoms with E-state index in [4.69, 9.17) is 0 Å². The van der Waals surface area contributed by atoms with Crippen LogP contribution in [-0.4, -0.2) is 62.4 Å². The fraction of sp³-hybridized carbons (Fsp3) is 0.611. The predicted octanol–water partition coefficient (Wildman–Crippen LogP) is 2.42. The Bertz CT molecular complexity index is 753. The Morgan fingerprint density at radius 3 is 2.92 bits per heavy atom. The molecule has 0 radical (unpaired) electrons. The third kappa shape index (κ3) is 2.79. The Hall–Kier alpha value is -1.73. The SMILES string of the molecule is O=C(c1sccc1-n1ccnn1)N1CCC2C(CCCN2C2CC2)C1. The second kappa shape index (κ2) is 6.21.